The van der Waals surface area contributed by atoms with E-state index in [1.54, 1.807) is 24.3 Å². The fourth-order valence-corrected chi connectivity index (χ4v) is 3.42. The SMILES string of the molecule is CCCc1cc(C(=O)OCC(=O)c2ccc(CNC(C)=O)cc2)sc1C. The van der Waals surface area contributed by atoms with Crippen LogP contribution in [0.1, 0.15) is 56.3 Å². The first kappa shape index (κ1) is 19.8. The van der Waals surface area contributed by atoms with Crippen molar-refractivity contribution in [1.82, 2.24) is 5.32 Å². The molecule has 0 fully saturated rings. The number of benzene rings is 1. The van der Waals surface area contributed by atoms with Crippen LogP contribution in [-0.4, -0.2) is 24.3 Å². The van der Waals surface area contributed by atoms with E-state index >= 15 is 0 Å². The van der Waals surface area contributed by atoms with Gasteiger partial charge in [-0.1, -0.05) is 37.6 Å². The Kier molecular flexibility index (Phi) is 7.09. The second-order valence-electron chi connectivity index (χ2n) is 6.05. The van der Waals surface area contributed by atoms with E-state index in [-0.39, 0.29) is 18.3 Å². The third kappa shape index (κ3) is 5.52. The molecule has 138 valence electrons. The largest absolute Gasteiger partial charge is 0.453 e. The number of carbonyl (C=O) groups is 3. The van der Waals surface area contributed by atoms with Gasteiger partial charge in [0.25, 0.3) is 0 Å². The molecule has 5 nitrogen and oxygen atoms in total. The van der Waals surface area contributed by atoms with Gasteiger partial charge < -0.3 is 10.1 Å². The number of Topliss-reactive ketones (excluding diaryl/α,β-unsaturated/α-hetero) is 1. The van der Waals surface area contributed by atoms with Gasteiger partial charge in [-0.25, -0.2) is 4.79 Å². The van der Waals surface area contributed by atoms with E-state index in [0.717, 1.165) is 28.8 Å². The van der Waals surface area contributed by atoms with Crippen molar-refractivity contribution in [1.29, 1.82) is 0 Å². The molecule has 0 spiro atoms. The van der Waals surface area contributed by atoms with Crippen LogP contribution < -0.4 is 5.32 Å². The lowest BCUT2D eigenvalue weighted by Gasteiger charge is -2.05. The highest BCUT2D eigenvalue weighted by Crippen LogP contribution is 2.23. The lowest BCUT2D eigenvalue weighted by Crippen LogP contribution is -2.19. The zero-order chi connectivity index (χ0) is 19.1. The molecule has 0 aliphatic rings. The minimum absolute atomic E-state index is 0.108. The Balaban J connectivity index is 1.90. The minimum Gasteiger partial charge on any atom is -0.453 e. The van der Waals surface area contributed by atoms with E-state index < -0.39 is 5.97 Å². The molecule has 0 bridgehead atoms. The van der Waals surface area contributed by atoms with Crippen molar-refractivity contribution < 1.29 is 19.1 Å². The number of amides is 1. The number of rotatable bonds is 8. The molecule has 0 atom stereocenters. The molecule has 1 heterocycles. The Hall–Kier alpha value is -2.47. The number of hydrogen-bond acceptors (Lipinski definition) is 5. The Morgan fingerprint density at radius 1 is 1.15 bits per heavy atom. The summed E-state index contributed by atoms with van der Waals surface area (Å²) in [5.41, 5.74) is 2.52. The molecule has 0 saturated carbocycles. The first-order valence-electron chi connectivity index (χ1n) is 8.53. The average Bonchev–Trinajstić information content (AvgIpc) is 2.99. The fourth-order valence-electron chi connectivity index (χ4n) is 2.46. The van der Waals surface area contributed by atoms with Crippen LogP contribution in [0.2, 0.25) is 0 Å². The summed E-state index contributed by atoms with van der Waals surface area (Å²) in [4.78, 5) is 36.9. The highest BCUT2D eigenvalue weighted by molar-refractivity contribution is 7.14. The van der Waals surface area contributed by atoms with Gasteiger partial charge in [0.05, 0.1) is 0 Å². The van der Waals surface area contributed by atoms with Crippen molar-refractivity contribution in [2.75, 3.05) is 6.61 Å². The minimum atomic E-state index is -0.462. The normalized spacial score (nSPS) is 10.4. The zero-order valence-electron chi connectivity index (χ0n) is 15.3. The molecule has 6 heteroatoms. The number of ether oxygens (including phenoxy) is 1. The number of esters is 1. The van der Waals surface area contributed by atoms with Crippen molar-refractivity contribution in [2.24, 2.45) is 0 Å². The molecule has 0 aliphatic heterocycles. The molecule has 2 rings (SSSR count). The molecule has 0 aliphatic carbocycles. The number of hydrogen-bond donors (Lipinski definition) is 1. The van der Waals surface area contributed by atoms with Crippen molar-refractivity contribution in [3.63, 3.8) is 0 Å². The maximum absolute atomic E-state index is 12.2. The van der Waals surface area contributed by atoms with Crippen molar-refractivity contribution in [3.8, 4) is 0 Å². The lowest BCUT2D eigenvalue weighted by molar-refractivity contribution is -0.119. The predicted octanol–water partition coefficient (Wildman–Crippen LogP) is 3.68. The number of aryl methyl sites for hydroxylation is 2. The molecule has 1 amide bonds. The highest BCUT2D eigenvalue weighted by atomic mass is 32.1. The first-order chi connectivity index (χ1) is 12.4. The maximum atomic E-state index is 12.2. The molecular formula is C20H23NO4S. The number of carbonyl (C=O) groups excluding carboxylic acids is 3. The number of thiophene rings is 1. The van der Waals surface area contributed by atoms with Crippen LogP contribution in [-0.2, 0) is 22.5 Å². The van der Waals surface area contributed by atoms with E-state index in [2.05, 4.69) is 12.2 Å². The van der Waals surface area contributed by atoms with Gasteiger partial charge in [-0.05, 0) is 30.5 Å². The van der Waals surface area contributed by atoms with E-state index in [0.29, 0.717) is 17.0 Å². The third-order valence-corrected chi connectivity index (χ3v) is 4.97. The van der Waals surface area contributed by atoms with Crippen LogP contribution in [0.3, 0.4) is 0 Å². The van der Waals surface area contributed by atoms with Gasteiger partial charge in [0.1, 0.15) is 4.88 Å². The summed E-state index contributed by atoms with van der Waals surface area (Å²) in [6.07, 6.45) is 1.95. The summed E-state index contributed by atoms with van der Waals surface area (Å²) in [5, 5.41) is 2.69. The summed E-state index contributed by atoms with van der Waals surface area (Å²) in [7, 11) is 0. The molecular weight excluding hydrogens is 350 g/mol. The summed E-state index contributed by atoms with van der Waals surface area (Å²) in [6, 6.07) is 8.73. The van der Waals surface area contributed by atoms with Crippen LogP contribution in [0, 0.1) is 6.92 Å². The molecule has 0 saturated heterocycles. The Bertz CT molecular complexity index is 793. The second kappa shape index (κ2) is 9.29. The second-order valence-corrected chi connectivity index (χ2v) is 7.30. The smallest absolute Gasteiger partial charge is 0.348 e. The van der Waals surface area contributed by atoms with E-state index in [4.69, 9.17) is 4.74 Å². The van der Waals surface area contributed by atoms with E-state index in [1.165, 1.54) is 18.3 Å². The van der Waals surface area contributed by atoms with Gasteiger partial charge in [0.2, 0.25) is 5.91 Å². The molecule has 2 aromatic rings. The van der Waals surface area contributed by atoms with Gasteiger partial charge in [0.15, 0.2) is 12.4 Å². The Morgan fingerprint density at radius 2 is 1.85 bits per heavy atom. The van der Waals surface area contributed by atoms with Gasteiger partial charge in [0, 0.05) is 23.9 Å². The van der Waals surface area contributed by atoms with E-state index in [9.17, 15) is 14.4 Å². The van der Waals surface area contributed by atoms with Gasteiger partial charge in [-0.15, -0.1) is 11.3 Å². The van der Waals surface area contributed by atoms with Gasteiger partial charge >= 0.3 is 5.97 Å². The van der Waals surface area contributed by atoms with Gasteiger partial charge in [-0.3, -0.25) is 9.59 Å². The molecule has 1 aromatic carbocycles. The predicted molar refractivity (Wildman–Crippen MR) is 102 cm³/mol. The summed E-state index contributed by atoms with van der Waals surface area (Å²) >= 11 is 1.40. The molecule has 0 radical (unpaired) electrons. The topological polar surface area (TPSA) is 72.5 Å². The Labute approximate surface area is 157 Å². The highest BCUT2D eigenvalue weighted by Gasteiger charge is 2.15. The monoisotopic (exact) mass is 373 g/mol. The standard InChI is InChI=1S/C20H23NO4S/c1-4-5-17-10-19(26-13(17)2)20(24)25-12-18(23)16-8-6-15(7-9-16)11-21-14(3)22/h6-10H,4-5,11-12H2,1-3H3,(H,21,22). The van der Waals surface area contributed by atoms with Crippen LogP contribution >= 0.6 is 11.3 Å². The van der Waals surface area contributed by atoms with Crippen LogP contribution in [0.5, 0.6) is 0 Å². The van der Waals surface area contributed by atoms with Crippen LogP contribution in [0.15, 0.2) is 30.3 Å². The first-order valence-corrected chi connectivity index (χ1v) is 9.35. The maximum Gasteiger partial charge on any atom is 0.348 e. The lowest BCUT2D eigenvalue weighted by atomic mass is 10.1. The summed E-state index contributed by atoms with van der Waals surface area (Å²) in [5.74, 6) is -0.828. The zero-order valence-corrected chi connectivity index (χ0v) is 16.1. The van der Waals surface area contributed by atoms with E-state index in [1.807, 2.05) is 13.0 Å². The molecule has 26 heavy (non-hydrogen) atoms. The third-order valence-electron chi connectivity index (χ3n) is 3.89. The Morgan fingerprint density at radius 3 is 2.46 bits per heavy atom. The molecule has 1 N–H and O–H groups in total. The van der Waals surface area contributed by atoms with Crippen molar-refractivity contribution in [2.45, 2.75) is 40.2 Å². The number of nitrogens with one attached hydrogen (secondary N) is 1. The summed E-state index contributed by atoms with van der Waals surface area (Å²) in [6.45, 7) is 5.66. The van der Waals surface area contributed by atoms with Crippen LogP contribution in [0.25, 0.3) is 0 Å². The average molecular weight is 373 g/mol. The van der Waals surface area contributed by atoms with Crippen molar-refractivity contribution in [3.05, 3.63) is 56.8 Å². The van der Waals surface area contributed by atoms with Crippen LogP contribution in [0.4, 0.5) is 0 Å². The fraction of sp³-hybridized carbons (Fsp3) is 0.350. The molecule has 1 aromatic heterocycles. The van der Waals surface area contributed by atoms with Crippen molar-refractivity contribution >= 4 is 29.0 Å². The summed E-state index contributed by atoms with van der Waals surface area (Å²) < 4.78 is 5.16. The molecule has 0 unspecified atom stereocenters. The number of ketones is 1. The quantitative estimate of drug-likeness (QED) is 0.566. The van der Waals surface area contributed by atoms with Gasteiger partial charge in [-0.2, -0.15) is 0 Å².